The van der Waals surface area contributed by atoms with Crippen LogP contribution in [0.3, 0.4) is 0 Å². The Morgan fingerprint density at radius 2 is 1.62 bits per heavy atom. The quantitative estimate of drug-likeness (QED) is 0.257. The molecule has 10 heteroatoms. The molecule has 1 aliphatic rings. The van der Waals surface area contributed by atoms with Crippen LogP contribution in [-0.4, -0.2) is 48.2 Å². The predicted molar refractivity (Wildman–Crippen MR) is 145 cm³/mol. The fraction of sp³-hybridized carbons (Fsp3) is 0.310. The number of phenolic OH excluding ortho intramolecular Hbond substituents is 2. The number of rotatable bonds is 10. The Labute approximate surface area is 227 Å². The summed E-state index contributed by atoms with van der Waals surface area (Å²) in [4.78, 5) is 24.4. The third-order valence-electron chi connectivity index (χ3n) is 7.09. The predicted octanol–water partition coefficient (Wildman–Crippen LogP) is 3.78. The molecular weight excluding hydrogens is 520 g/mol. The van der Waals surface area contributed by atoms with Crippen LogP contribution in [0.4, 0.5) is 0 Å². The zero-order chi connectivity index (χ0) is 28.0. The lowest BCUT2D eigenvalue weighted by Crippen LogP contribution is -2.37. The van der Waals surface area contributed by atoms with Crippen LogP contribution in [0.15, 0.2) is 77.7 Å². The first-order valence-corrected chi connectivity index (χ1v) is 14.3. The van der Waals surface area contributed by atoms with Crippen LogP contribution in [0.1, 0.15) is 53.1 Å². The van der Waals surface area contributed by atoms with Gasteiger partial charge in [-0.15, -0.1) is 0 Å². The summed E-state index contributed by atoms with van der Waals surface area (Å²) in [5, 5.41) is 31.8. The van der Waals surface area contributed by atoms with E-state index in [-0.39, 0.29) is 46.9 Å². The summed E-state index contributed by atoms with van der Waals surface area (Å²) in [6.07, 6.45) is 2.73. The van der Waals surface area contributed by atoms with Gasteiger partial charge in [0.25, 0.3) is 5.91 Å². The van der Waals surface area contributed by atoms with Gasteiger partial charge in [0.2, 0.25) is 10.0 Å². The molecule has 0 bridgehead atoms. The van der Waals surface area contributed by atoms with E-state index in [0.29, 0.717) is 25.7 Å². The monoisotopic (exact) mass is 552 g/mol. The summed E-state index contributed by atoms with van der Waals surface area (Å²) in [6, 6.07) is 19.0. The summed E-state index contributed by atoms with van der Waals surface area (Å²) in [6.45, 7) is -0.0991. The molecule has 0 saturated heterocycles. The standard InChI is InChI=1S/C29H32N2O7S/c32-24-13-14-26(27(33)17-24)20-9-11-23(12-10-20)31-39(37,38)25-8-4-7-21(16-25)28(34)30-18-22(29(35)36)15-19-5-2-1-3-6-19/h1-8,13-14,16-17,20,22-23,31-33H,9-12,15,18H2,(H,30,34)(H,35,36). The lowest BCUT2D eigenvalue weighted by atomic mass is 9.81. The van der Waals surface area contributed by atoms with E-state index in [0.717, 1.165) is 11.1 Å². The van der Waals surface area contributed by atoms with Crippen LogP contribution >= 0.6 is 0 Å². The van der Waals surface area contributed by atoms with Crippen molar-refractivity contribution >= 4 is 21.9 Å². The molecule has 0 heterocycles. The summed E-state index contributed by atoms with van der Waals surface area (Å²) in [5.41, 5.74) is 1.70. The molecule has 3 aromatic rings. The highest BCUT2D eigenvalue weighted by molar-refractivity contribution is 7.89. The van der Waals surface area contributed by atoms with Crippen molar-refractivity contribution in [1.29, 1.82) is 0 Å². The van der Waals surface area contributed by atoms with E-state index in [9.17, 15) is 33.3 Å². The Morgan fingerprint density at radius 1 is 0.897 bits per heavy atom. The fourth-order valence-electron chi connectivity index (χ4n) is 4.95. The molecule has 0 radical (unpaired) electrons. The van der Waals surface area contributed by atoms with Crippen LogP contribution < -0.4 is 10.0 Å². The van der Waals surface area contributed by atoms with E-state index < -0.39 is 27.8 Å². The molecule has 3 aromatic carbocycles. The molecule has 1 amide bonds. The number of benzene rings is 3. The van der Waals surface area contributed by atoms with E-state index in [4.69, 9.17) is 0 Å². The van der Waals surface area contributed by atoms with Gasteiger partial charge in [0.15, 0.2) is 0 Å². The first-order valence-electron chi connectivity index (χ1n) is 12.8. The second kappa shape index (κ2) is 12.3. The normalized spacial score (nSPS) is 18.3. The van der Waals surface area contributed by atoms with Gasteiger partial charge in [-0.05, 0) is 73.4 Å². The Bertz CT molecular complexity index is 1420. The number of hydrogen-bond donors (Lipinski definition) is 5. The third kappa shape index (κ3) is 7.36. The molecule has 1 fully saturated rings. The SMILES string of the molecule is O=C(NCC(Cc1ccccc1)C(=O)O)c1cccc(S(=O)(=O)NC2CCC(c3ccc(O)cc3O)CC2)c1. The molecule has 0 aliphatic heterocycles. The molecule has 39 heavy (non-hydrogen) atoms. The van der Waals surface area contributed by atoms with E-state index >= 15 is 0 Å². The molecular formula is C29H32N2O7S. The molecule has 0 spiro atoms. The lowest BCUT2D eigenvalue weighted by molar-refractivity contribution is -0.141. The van der Waals surface area contributed by atoms with Gasteiger partial charge >= 0.3 is 5.97 Å². The smallest absolute Gasteiger partial charge is 0.308 e. The third-order valence-corrected chi connectivity index (χ3v) is 8.61. The van der Waals surface area contributed by atoms with Crippen LogP contribution in [0, 0.1) is 5.92 Å². The Morgan fingerprint density at radius 3 is 2.28 bits per heavy atom. The Balaban J connectivity index is 1.35. The number of hydrogen-bond acceptors (Lipinski definition) is 6. The Hall–Kier alpha value is -3.89. The molecule has 5 N–H and O–H groups in total. The molecule has 9 nitrogen and oxygen atoms in total. The van der Waals surface area contributed by atoms with Crippen molar-refractivity contribution in [2.24, 2.45) is 5.92 Å². The van der Waals surface area contributed by atoms with Gasteiger partial charge in [0.05, 0.1) is 10.8 Å². The number of phenols is 2. The van der Waals surface area contributed by atoms with E-state index in [2.05, 4.69) is 10.0 Å². The molecule has 0 aromatic heterocycles. The van der Waals surface area contributed by atoms with Gasteiger partial charge < -0.3 is 20.6 Å². The minimum atomic E-state index is -3.90. The van der Waals surface area contributed by atoms with E-state index in [1.807, 2.05) is 30.3 Å². The molecule has 1 aliphatic carbocycles. The second-order valence-electron chi connectivity index (χ2n) is 9.88. The van der Waals surface area contributed by atoms with Crippen molar-refractivity contribution < 1.29 is 33.3 Å². The number of amides is 1. The fourth-order valence-corrected chi connectivity index (χ4v) is 6.31. The molecule has 206 valence electrons. The van der Waals surface area contributed by atoms with Crippen LogP contribution in [0.25, 0.3) is 0 Å². The highest BCUT2D eigenvalue weighted by Crippen LogP contribution is 2.38. The van der Waals surface area contributed by atoms with Crippen molar-refractivity contribution in [2.45, 2.75) is 49.0 Å². The topological polar surface area (TPSA) is 153 Å². The van der Waals surface area contributed by atoms with Gasteiger partial charge in [-0.3, -0.25) is 9.59 Å². The maximum atomic E-state index is 13.1. The Kier molecular flexibility index (Phi) is 8.88. The van der Waals surface area contributed by atoms with Crippen molar-refractivity contribution in [3.8, 4) is 11.5 Å². The number of nitrogens with one attached hydrogen (secondary N) is 2. The number of aliphatic carboxylic acids is 1. The van der Waals surface area contributed by atoms with Crippen LogP contribution in [0.2, 0.25) is 0 Å². The van der Waals surface area contributed by atoms with Crippen molar-refractivity contribution in [2.75, 3.05) is 6.54 Å². The lowest BCUT2D eigenvalue weighted by Gasteiger charge is -2.29. The number of aromatic hydroxyl groups is 2. The zero-order valence-electron chi connectivity index (χ0n) is 21.3. The number of carboxylic acids is 1. The molecule has 4 rings (SSSR count). The van der Waals surface area contributed by atoms with Gasteiger partial charge in [-0.1, -0.05) is 42.5 Å². The minimum absolute atomic E-state index is 0.0116. The summed E-state index contributed by atoms with van der Waals surface area (Å²) in [5.74, 6) is -2.33. The average molecular weight is 553 g/mol. The minimum Gasteiger partial charge on any atom is -0.508 e. The maximum absolute atomic E-state index is 13.1. The highest BCUT2D eigenvalue weighted by atomic mass is 32.2. The van der Waals surface area contributed by atoms with E-state index in [1.165, 1.54) is 36.4 Å². The van der Waals surface area contributed by atoms with Crippen molar-refractivity contribution in [3.05, 3.63) is 89.5 Å². The molecule has 1 atom stereocenters. The van der Waals surface area contributed by atoms with Gasteiger partial charge in [0.1, 0.15) is 11.5 Å². The number of sulfonamides is 1. The zero-order valence-corrected chi connectivity index (χ0v) is 22.1. The van der Waals surface area contributed by atoms with E-state index in [1.54, 1.807) is 6.07 Å². The molecule has 1 unspecified atom stereocenters. The number of carboxylic acid groups (broad SMARTS) is 1. The van der Waals surface area contributed by atoms with Gasteiger partial charge in [0, 0.05) is 24.2 Å². The highest BCUT2D eigenvalue weighted by Gasteiger charge is 2.28. The summed E-state index contributed by atoms with van der Waals surface area (Å²) >= 11 is 0. The average Bonchev–Trinajstić information content (AvgIpc) is 2.92. The first kappa shape index (κ1) is 28.1. The number of carbonyl (C=O) groups is 2. The summed E-state index contributed by atoms with van der Waals surface area (Å²) in [7, 11) is -3.90. The van der Waals surface area contributed by atoms with Crippen molar-refractivity contribution in [3.63, 3.8) is 0 Å². The first-order chi connectivity index (χ1) is 18.6. The summed E-state index contributed by atoms with van der Waals surface area (Å²) < 4.78 is 28.9. The van der Waals surface area contributed by atoms with Crippen LogP contribution in [0.5, 0.6) is 11.5 Å². The van der Waals surface area contributed by atoms with Crippen molar-refractivity contribution in [1.82, 2.24) is 10.0 Å². The maximum Gasteiger partial charge on any atom is 0.308 e. The van der Waals surface area contributed by atoms with Crippen LogP contribution in [-0.2, 0) is 21.2 Å². The number of carbonyl (C=O) groups excluding carboxylic acids is 1. The van der Waals surface area contributed by atoms with Gasteiger partial charge in [-0.25, -0.2) is 13.1 Å². The van der Waals surface area contributed by atoms with Gasteiger partial charge in [-0.2, -0.15) is 0 Å². The second-order valence-corrected chi connectivity index (χ2v) is 11.6. The largest absolute Gasteiger partial charge is 0.508 e. The molecule has 1 saturated carbocycles.